The second-order valence-electron chi connectivity index (χ2n) is 2.86. The second-order valence-corrected chi connectivity index (χ2v) is 4.69. The molecule has 0 aromatic rings. The van der Waals surface area contributed by atoms with Gasteiger partial charge in [-0.25, -0.2) is 0 Å². The van der Waals surface area contributed by atoms with Gasteiger partial charge < -0.3 is 0 Å². The minimum atomic E-state index is 0.907. The van der Waals surface area contributed by atoms with E-state index in [1.807, 2.05) is 0 Å². The Labute approximate surface area is 56.0 Å². The molecule has 0 nitrogen and oxygen atoms in total. The third-order valence-corrected chi connectivity index (χ3v) is 3.50. The SMILES string of the molecule is CC1CC(C)C(C)S1. The van der Waals surface area contributed by atoms with Gasteiger partial charge in [0.05, 0.1) is 0 Å². The smallest absolute Gasteiger partial charge is 0.00474 e. The molecule has 0 saturated carbocycles. The van der Waals surface area contributed by atoms with Crippen molar-refractivity contribution in [2.24, 2.45) is 5.92 Å². The van der Waals surface area contributed by atoms with Crippen LogP contribution in [-0.2, 0) is 0 Å². The highest BCUT2D eigenvalue weighted by Gasteiger charge is 2.24. The van der Waals surface area contributed by atoms with Gasteiger partial charge in [-0.1, -0.05) is 20.8 Å². The van der Waals surface area contributed by atoms with Gasteiger partial charge >= 0.3 is 0 Å². The van der Waals surface area contributed by atoms with Gasteiger partial charge in [0.2, 0.25) is 0 Å². The highest BCUT2D eigenvalue weighted by atomic mass is 32.2. The lowest BCUT2D eigenvalue weighted by atomic mass is 10.0. The zero-order valence-electron chi connectivity index (χ0n) is 5.85. The Hall–Kier alpha value is 0.350. The molecule has 1 fully saturated rings. The lowest BCUT2D eigenvalue weighted by Crippen LogP contribution is -2.00. The van der Waals surface area contributed by atoms with Crippen molar-refractivity contribution in [1.82, 2.24) is 0 Å². The second kappa shape index (κ2) is 2.30. The molecule has 0 aromatic heterocycles. The summed E-state index contributed by atoms with van der Waals surface area (Å²) in [6.45, 7) is 7.00. The first-order chi connectivity index (χ1) is 3.70. The topological polar surface area (TPSA) is 0 Å². The van der Waals surface area contributed by atoms with E-state index in [0.717, 1.165) is 16.4 Å². The molecule has 3 unspecified atom stereocenters. The lowest BCUT2D eigenvalue weighted by molar-refractivity contribution is 0.562. The van der Waals surface area contributed by atoms with Gasteiger partial charge in [0.25, 0.3) is 0 Å². The van der Waals surface area contributed by atoms with Crippen LogP contribution in [0.4, 0.5) is 0 Å². The fourth-order valence-electron chi connectivity index (χ4n) is 1.27. The first-order valence-corrected chi connectivity index (χ1v) is 4.30. The predicted molar refractivity (Wildman–Crippen MR) is 40.3 cm³/mol. The Morgan fingerprint density at radius 3 is 2.00 bits per heavy atom. The molecule has 0 spiro atoms. The van der Waals surface area contributed by atoms with E-state index >= 15 is 0 Å². The fourth-order valence-corrected chi connectivity index (χ4v) is 2.80. The third kappa shape index (κ3) is 1.19. The zero-order valence-corrected chi connectivity index (χ0v) is 6.66. The average molecular weight is 130 g/mol. The Kier molecular flexibility index (Phi) is 1.86. The number of rotatable bonds is 0. The van der Waals surface area contributed by atoms with E-state index in [1.165, 1.54) is 6.42 Å². The zero-order chi connectivity index (χ0) is 6.15. The highest BCUT2D eigenvalue weighted by Crippen LogP contribution is 2.37. The van der Waals surface area contributed by atoms with E-state index in [0.29, 0.717) is 0 Å². The van der Waals surface area contributed by atoms with Gasteiger partial charge in [0.1, 0.15) is 0 Å². The molecular weight excluding hydrogens is 116 g/mol. The van der Waals surface area contributed by atoms with Crippen LogP contribution in [0.2, 0.25) is 0 Å². The van der Waals surface area contributed by atoms with Crippen molar-refractivity contribution in [3.05, 3.63) is 0 Å². The van der Waals surface area contributed by atoms with E-state index in [1.54, 1.807) is 0 Å². The molecule has 1 heteroatoms. The van der Waals surface area contributed by atoms with Gasteiger partial charge in [-0.15, -0.1) is 0 Å². The molecular formula is C7H14S. The summed E-state index contributed by atoms with van der Waals surface area (Å²) in [6.07, 6.45) is 1.42. The summed E-state index contributed by atoms with van der Waals surface area (Å²) in [6, 6.07) is 0. The maximum absolute atomic E-state index is 2.35. The first kappa shape index (κ1) is 6.47. The average Bonchev–Trinajstić information content (AvgIpc) is 1.85. The van der Waals surface area contributed by atoms with Crippen molar-refractivity contribution in [2.75, 3.05) is 0 Å². The van der Waals surface area contributed by atoms with Crippen molar-refractivity contribution < 1.29 is 0 Å². The minimum absolute atomic E-state index is 0.907. The molecule has 0 aliphatic carbocycles. The molecule has 48 valence electrons. The van der Waals surface area contributed by atoms with E-state index in [4.69, 9.17) is 0 Å². The molecule has 3 atom stereocenters. The van der Waals surface area contributed by atoms with Crippen molar-refractivity contribution >= 4 is 11.8 Å². The molecule has 1 rings (SSSR count). The molecule has 1 aliphatic heterocycles. The van der Waals surface area contributed by atoms with Crippen molar-refractivity contribution in [1.29, 1.82) is 0 Å². The van der Waals surface area contributed by atoms with Gasteiger partial charge in [0, 0.05) is 10.5 Å². The largest absolute Gasteiger partial charge is 0.155 e. The summed E-state index contributed by atoms with van der Waals surface area (Å²) in [4.78, 5) is 0. The van der Waals surface area contributed by atoms with E-state index in [9.17, 15) is 0 Å². The molecule has 0 amide bonds. The lowest BCUT2D eigenvalue weighted by Gasteiger charge is -2.04. The Morgan fingerprint density at radius 1 is 1.25 bits per heavy atom. The molecule has 1 heterocycles. The van der Waals surface area contributed by atoms with E-state index < -0.39 is 0 Å². The predicted octanol–water partition coefficient (Wildman–Crippen LogP) is 2.54. The Balaban J connectivity index is 2.39. The van der Waals surface area contributed by atoms with Gasteiger partial charge in [-0.3, -0.25) is 0 Å². The monoisotopic (exact) mass is 130 g/mol. The Morgan fingerprint density at radius 2 is 1.88 bits per heavy atom. The molecule has 0 aromatic carbocycles. The first-order valence-electron chi connectivity index (χ1n) is 3.35. The highest BCUT2D eigenvalue weighted by molar-refractivity contribution is 8.00. The van der Waals surface area contributed by atoms with Crippen LogP contribution in [0.5, 0.6) is 0 Å². The van der Waals surface area contributed by atoms with Crippen LogP contribution in [0.1, 0.15) is 27.2 Å². The number of hydrogen-bond acceptors (Lipinski definition) is 1. The summed E-state index contributed by atoms with van der Waals surface area (Å²) < 4.78 is 0. The summed E-state index contributed by atoms with van der Waals surface area (Å²) in [5.74, 6) is 0.954. The summed E-state index contributed by atoms with van der Waals surface area (Å²) >= 11 is 2.13. The quantitative estimate of drug-likeness (QED) is 0.485. The summed E-state index contributed by atoms with van der Waals surface area (Å²) in [5, 5.41) is 1.82. The fraction of sp³-hybridized carbons (Fsp3) is 1.00. The molecule has 0 radical (unpaired) electrons. The maximum Gasteiger partial charge on any atom is 0.00474 e. The number of thioether (sulfide) groups is 1. The van der Waals surface area contributed by atoms with Crippen LogP contribution in [0.3, 0.4) is 0 Å². The van der Waals surface area contributed by atoms with Crippen LogP contribution < -0.4 is 0 Å². The van der Waals surface area contributed by atoms with Crippen molar-refractivity contribution in [2.45, 2.75) is 37.7 Å². The standard InChI is InChI=1S/C7H14S/c1-5-4-6(2)8-7(5)3/h5-7H,4H2,1-3H3. The van der Waals surface area contributed by atoms with Crippen LogP contribution in [0.25, 0.3) is 0 Å². The summed E-state index contributed by atoms with van der Waals surface area (Å²) in [5.41, 5.74) is 0. The normalized spacial score (nSPS) is 47.6. The molecule has 0 bridgehead atoms. The van der Waals surface area contributed by atoms with Gasteiger partial charge in [0.15, 0.2) is 0 Å². The maximum atomic E-state index is 2.35. The summed E-state index contributed by atoms with van der Waals surface area (Å²) in [7, 11) is 0. The molecule has 1 aliphatic rings. The van der Waals surface area contributed by atoms with Crippen molar-refractivity contribution in [3.8, 4) is 0 Å². The van der Waals surface area contributed by atoms with Crippen LogP contribution in [0.15, 0.2) is 0 Å². The molecule has 1 saturated heterocycles. The Bertz CT molecular complexity index is 70.5. The van der Waals surface area contributed by atoms with Crippen LogP contribution >= 0.6 is 11.8 Å². The van der Waals surface area contributed by atoms with E-state index in [-0.39, 0.29) is 0 Å². The molecule has 0 N–H and O–H groups in total. The van der Waals surface area contributed by atoms with Gasteiger partial charge in [-0.2, -0.15) is 11.8 Å². The number of hydrogen-bond donors (Lipinski definition) is 0. The molecule has 8 heavy (non-hydrogen) atoms. The minimum Gasteiger partial charge on any atom is -0.155 e. The third-order valence-electron chi connectivity index (χ3n) is 1.95. The van der Waals surface area contributed by atoms with E-state index in [2.05, 4.69) is 32.5 Å². The van der Waals surface area contributed by atoms with Gasteiger partial charge in [-0.05, 0) is 12.3 Å². The van der Waals surface area contributed by atoms with Crippen LogP contribution in [0, 0.1) is 5.92 Å². The van der Waals surface area contributed by atoms with Crippen LogP contribution in [-0.4, -0.2) is 10.5 Å². The van der Waals surface area contributed by atoms with Crippen molar-refractivity contribution in [3.63, 3.8) is 0 Å².